The van der Waals surface area contributed by atoms with E-state index in [1.807, 2.05) is 57.8 Å². The van der Waals surface area contributed by atoms with Crippen molar-refractivity contribution in [2.45, 2.75) is 25.4 Å². The van der Waals surface area contributed by atoms with Gasteiger partial charge in [-0.05, 0) is 50.2 Å². The predicted molar refractivity (Wildman–Crippen MR) is 153 cm³/mol. The van der Waals surface area contributed by atoms with Gasteiger partial charge < -0.3 is 25.7 Å². The number of nitrogen functional groups attached to an aromatic ring is 1. The molecule has 0 unspecified atom stereocenters. The molecule has 0 saturated carbocycles. The third-order valence-electron chi connectivity index (χ3n) is 7.25. The maximum Gasteiger partial charge on any atom is 0.272 e. The molecule has 1 aliphatic rings. The van der Waals surface area contributed by atoms with Gasteiger partial charge in [0, 0.05) is 23.0 Å². The number of piperidine rings is 1. The van der Waals surface area contributed by atoms with E-state index in [2.05, 4.69) is 27.2 Å². The predicted octanol–water partition coefficient (Wildman–Crippen LogP) is 4.40. The largest absolute Gasteiger partial charge is 0.495 e. The first-order valence-electron chi connectivity index (χ1n) is 13.0. The summed E-state index contributed by atoms with van der Waals surface area (Å²) >= 11 is 0. The number of methoxy groups -OCH3 is 1. The lowest BCUT2D eigenvalue weighted by Crippen LogP contribution is -2.30. The van der Waals surface area contributed by atoms with Crippen molar-refractivity contribution in [3.63, 3.8) is 0 Å². The Kier molecular flexibility index (Phi) is 6.45. The zero-order chi connectivity index (χ0) is 26.9. The number of fused-ring (bicyclic) bond motifs is 2. The molecule has 1 saturated heterocycles. The molecule has 3 aromatic heterocycles. The topological polar surface area (TPSA) is 125 Å². The van der Waals surface area contributed by atoms with Crippen LogP contribution in [0.4, 0.5) is 11.5 Å². The molecule has 0 radical (unpaired) electrons. The number of para-hydroxylation sites is 1. The Morgan fingerprint density at radius 1 is 1.21 bits per heavy atom. The van der Waals surface area contributed by atoms with Crippen LogP contribution in [0.2, 0.25) is 0 Å². The number of hydrogen-bond donors (Lipinski definition) is 3. The highest BCUT2D eigenvalue weighted by Crippen LogP contribution is 2.37. The van der Waals surface area contributed by atoms with Gasteiger partial charge in [-0.2, -0.15) is 5.10 Å². The number of nitrogens with one attached hydrogen (secondary N) is 2. The van der Waals surface area contributed by atoms with Crippen molar-refractivity contribution < 1.29 is 9.53 Å². The van der Waals surface area contributed by atoms with Gasteiger partial charge in [0.2, 0.25) is 0 Å². The molecule has 0 atom stereocenters. The van der Waals surface area contributed by atoms with Crippen LogP contribution in [0, 0.1) is 0 Å². The summed E-state index contributed by atoms with van der Waals surface area (Å²) in [6.07, 6.45) is 5.17. The van der Waals surface area contributed by atoms with Gasteiger partial charge >= 0.3 is 0 Å². The van der Waals surface area contributed by atoms with Crippen molar-refractivity contribution in [3.05, 3.63) is 73.2 Å². The number of aromatic nitrogens is 5. The standard InChI is InChI=1S/C29H30N8O2/c1-3-14-36-22-7-5-4-6-18(22)15-23(36)29(38)34-21-9-8-19(16-24(21)39-2)26-25-27(30)32-17-33-28(25)37(35-26)20-10-12-31-13-11-20/h3-9,15-17,20,31H,1,10-14H2,2H3,(H,34,38)(H2,30,32,33). The first-order chi connectivity index (χ1) is 19.1. The van der Waals surface area contributed by atoms with Gasteiger partial charge in [-0.15, -0.1) is 6.58 Å². The van der Waals surface area contributed by atoms with Crippen molar-refractivity contribution in [2.24, 2.45) is 0 Å². The highest BCUT2D eigenvalue weighted by molar-refractivity contribution is 6.07. The molecule has 0 bridgehead atoms. The monoisotopic (exact) mass is 522 g/mol. The van der Waals surface area contributed by atoms with Crippen LogP contribution in [0.1, 0.15) is 29.4 Å². The number of carbonyl (C=O) groups excluding carboxylic acids is 1. The molecule has 1 fully saturated rings. The van der Waals surface area contributed by atoms with Gasteiger partial charge in [-0.3, -0.25) is 4.79 Å². The fraction of sp³-hybridized carbons (Fsp3) is 0.241. The number of anilines is 2. The molecular formula is C29H30N8O2. The lowest BCUT2D eigenvalue weighted by Gasteiger charge is -2.23. The Morgan fingerprint density at radius 2 is 2.03 bits per heavy atom. The van der Waals surface area contributed by atoms with Gasteiger partial charge in [0.25, 0.3) is 5.91 Å². The minimum atomic E-state index is -0.239. The Bertz CT molecular complexity index is 1700. The molecule has 6 rings (SSSR count). The first-order valence-corrected chi connectivity index (χ1v) is 13.0. The Morgan fingerprint density at radius 3 is 2.82 bits per heavy atom. The van der Waals surface area contributed by atoms with E-state index < -0.39 is 0 Å². The van der Waals surface area contributed by atoms with Gasteiger partial charge in [0.15, 0.2) is 5.65 Å². The van der Waals surface area contributed by atoms with Crippen LogP contribution in [-0.4, -0.2) is 50.4 Å². The molecule has 0 spiro atoms. The smallest absolute Gasteiger partial charge is 0.272 e. The Balaban J connectivity index is 1.37. The van der Waals surface area contributed by atoms with Crippen molar-refractivity contribution in [1.82, 2.24) is 29.6 Å². The third-order valence-corrected chi connectivity index (χ3v) is 7.25. The van der Waals surface area contributed by atoms with Gasteiger partial charge in [0.05, 0.1) is 24.2 Å². The third kappa shape index (κ3) is 4.38. The summed E-state index contributed by atoms with van der Waals surface area (Å²) in [5.41, 5.74) is 10.6. The SMILES string of the molecule is C=CCn1c(C(=O)Nc2ccc(-c3nn(C4CCNCC4)c4ncnc(N)c34)cc2OC)cc2ccccc21. The number of benzene rings is 2. The number of allylic oxidation sites excluding steroid dienone is 1. The Hall–Kier alpha value is -4.70. The molecule has 4 N–H and O–H groups in total. The summed E-state index contributed by atoms with van der Waals surface area (Å²) in [5.74, 6) is 0.645. The van der Waals surface area contributed by atoms with Crippen LogP contribution in [-0.2, 0) is 6.54 Å². The zero-order valence-corrected chi connectivity index (χ0v) is 21.7. The second-order valence-corrected chi connectivity index (χ2v) is 9.59. The van der Waals surface area contributed by atoms with Crippen molar-refractivity contribution >= 4 is 39.3 Å². The highest BCUT2D eigenvalue weighted by Gasteiger charge is 2.24. The van der Waals surface area contributed by atoms with Crippen LogP contribution in [0.15, 0.2) is 67.5 Å². The van der Waals surface area contributed by atoms with Crippen LogP contribution >= 0.6 is 0 Å². The molecule has 10 nitrogen and oxygen atoms in total. The molecule has 1 aliphatic heterocycles. The molecule has 10 heteroatoms. The zero-order valence-electron chi connectivity index (χ0n) is 21.7. The lowest BCUT2D eigenvalue weighted by atomic mass is 10.1. The van der Waals surface area contributed by atoms with Crippen LogP contribution in [0.3, 0.4) is 0 Å². The second kappa shape index (κ2) is 10.2. The molecular weight excluding hydrogens is 492 g/mol. The fourth-order valence-electron chi connectivity index (χ4n) is 5.36. The number of carbonyl (C=O) groups is 1. The molecule has 5 aromatic rings. The molecule has 39 heavy (non-hydrogen) atoms. The van der Waals surface area contributed by atoms with Gasteiger partial charge in [-0.1, -0.05) is 30.3 Å². The van der Waals surface area contributed by atoms with Crippen molar-refractivity contribution in [1.29, 1.82) is 0 Å². The van der Waals surface area contributed by atoms with Crippen LogP contribution in [0.5, 0.6) is 5.75 Å². The molecule has 4 heterocycles. The summed E-state index contributed by atoms with van der Waals surface area (Å²) in [5, 5.41) is 13.1. The Labute approximate surface area is 225 Å². The van der Waals surface area contributed by atoms with Crippen molar-refractivity contribution in [3.8, 4) is 17.0 Å². The summed E-state index contributed by atoms with van der Waals surface area (Å²) in [6.45, 7) is 6.22. The fourth-order valence-corrected chi connectivity index (χ4v) is 5.36. The molecule has 198 valence electrons. The van der Waals surface area contributed by atoms with E-state index >= 15 is 0 Å². The average Bonchev–Trinajstić information content (AvgIpc) is 3.54. The number of nitrogens with zero attached hydrogens (tertiary/aromatic N) is 5. The lowest BCUT2D eigenvalue weighted by molar-refractivity contribution is 0.101. The van der Waals surface area contributed by atoms with Gasteiger partial charge in [0.1, 0.15) is 29.3 Å². The number of rotatable bonds is 7. The van der Waals surface area contributed by atoms with Crippen LogP contribution in [0.25, 0.3) is 33.2 Å². The van der Waals surface area contributed by atoms with E-state index in [-0.39, 0.29) is 11.9 Å². The number of hydrogen-bond acceptors (Lipinski definition) is 7. The highest BCUT2D eigenvalue weighted by atomic mass is 16.5. The molecule has 0 aliphatic carbocycles. The quantitative estimate of drug-likeness (QED) is 0.271. The maximum atomic E-state index is 13.4. The maximum absolute atomic E-state index is 13.4. The second-order valence-electron chi connectivity index (χ2n) is 9.59. The summed E-state index contributed by atoms with van der Waals surface area (Å²) in [4.78, 5) is 22.2. The van der Waals surface area contributed by atoms with E-state index in [0.717, 1.165) is 48.0 Å². The van der Waals surface area contributed by atoms with Gasteiger partial charge in [-0.25, -0.2) is 14.6 Å². The minimum Gasteiger partial charge on any atom is -0.495 e. The van der Waals surface area contributed by atoms with Crippen LogP contribution < -0.4 is 21.1 Å². The number of nitrogens with two attached hydrogens (primary N) is 1. The summed E-state index contributed by atoms with van der Waals surface area (Å²) in [6, 6.07) is 15.6. The van der Waals surface area contributed by atoms with Crippen molar-refractivity contribution in [2.75, 3.05) is 31.2 Å². The van der Waals surface area contributed by atoms with E-state index in [0.29, 0.717) is 40.6 Å². The average molecular weight is 523 g/mol. The normalized spacial score (nSPS) is 14.1. The van der Waals surface area contributed by atoms with E-state index in [1.54, 1.807) is 13.2 Å². The minimum absolute atomic E-state index is 0.222. The molecule has 2 aromatic carbocycles. The first kappa shape index (κ1) is 24.6. The van der Waals surface area contributed by atoms with E-state index in [4.69, 9.17) is 15.6 Å². The number of ether oxygens (including phenoxy) is 1. The number of amides is 1. The van der Waals surface area contributed by atoms with E-state index in [9.17, 15) is 4.79 Å². The van der Waals surface area contributed by atoms with E-state index in [1.165, 1.54) is 6.33 Å². The molecule has 1 amide bonds. The summed E-state index contributed by atoms with van der Waals surface area (Å²) < 4.78 is 9.62. The summed E-state index contributed by atoms with van der Waals surface area (Å²) in [7, 11) is 1.58.